The first-order chi connectivity index (χ1) is 10.0. The minimum atomic E-state index is -3.45. The van der Waals surface area contributed by atoms with E-state index in [0.29, 0.717) is 12.2 Å². The van der Waals surface area contributed by atoms with E-state index < -0.39 is 10.0 Å². The summed E-state index contributed by atoms with van der Waals surface area (Å²) < 4.78 is 27.2. The van der Waals surface area contributed by atoms with Crippen LogP contribution in [-0.4, -0.2) is 8.42 Å². The first kappa shape index (κ1) is 15.5. The number of aryl methyl sites for hydroxylation is 1. The first-order valence-corrected chi connectivity index (χ1v) is 8.55. The van der Waals surface area contributed by atoms with Gasteiger partial charge in [0.05, 0.1) is 5.75 Å². The van der Waals surface area contributed by atoms with Crippen molar-refractivity contribution < 1.29 is 8.42 Å². The van der Waals surface area contributed by atoms with Gasteiger partial charge in [-0.3, -0.25) is 4.72 Å². The van der Waals surface area contributed by atoms with E-state index in [2.05, 4.69) is 4.72 Å². The maximum Gasteiger partial charge on any atom is 0.236 e. The molecule has 0 heterocycles. The highest BCUT2D eigenvalue weighted by Crippen LogP contribution is 2.17. The van der Waals surface area contributed by atoms with Crippen molar-refractivity contribution in [2.75, 3.05) is 4.72 Å². The van der Waals surface area contributed by atoms with Crippen LogP contribution in [0.4, 0.5) is 5.69 Å². The molecule has 0 aliphatic heterocycles. The molecule has 2 aromatic rings. The maximum atomic E-state index is 12.3. The molecule has 2 rings (SSSR count). The Morgan fingerprint density at radius 2 is 1.76 bits per heavy atom. The lowest BCUT2D eigenvalue weighted by Crippen LogP contribution is -2.16. The van der Waals surface area contributed by atoms with Crippen LogP contribution in [0, 0.1) is 0 Å². The second-order valence-corrected chi connectivity index (χ2v) is 6.61. The molecular formula is C16H20N2O2S. The first-order valence-electron chi connectivity index (χ1n) is 6.90. The maximum absolute atomic E-state index is 12.3. The predicted octanol–water partition coefficient (Wildman–Crippen LogP) is 2.65. The quantitative estimate of drug-likeness (QED) is 0.861. The van der Waals surface area contributed by atoms with Gasteiger partial charge in [0.25, 0.3) is 0 Å². The number of sulfonamides is 1. The van der Waals surface area contributed by atoms with Gasteiger partial charge in [-0.05, 0) is 35.2 Å². The molecule has 0 unspecified atom stereocenters. The summed E-state index contributed by atoms with van der Waals surface area (Å²) in [4.78, 5) is 0. The molecule has 0 saturated heterocycles. The fourth-order valence-electron chi connectivity index (χ4n) is 2.17. The van der Waals surface area contributed by atoms with Crippen LogP contribution in [-0.2, 0) is 28.7 Å². The van der Waals surface area contributed by atoms with Crippen LogP contribution in [0.15, 0.2) is 48.5 Å². The van der Waals surface area contributed by atoms with E-state index in [1.54, 1.807) is 12.1 Å². The highest BCUT2D eigenvalue weighted by Gasteiger charge is 2.14. The Hall–Kier alpha value is -1.85. The molecule has 0 spiro atoms. The summed E-state index contributed by atoms with van der Waals surface area (Å²) in [6.45, 7) is 2.36. The van der Waals surface area contributed by atoms with Crippen molar-refractivity contribution in [2.45, 2.75) is 25.6 Å². The van der Waals surface area contributed by atoms with E-state index in [4.69, 9.17) is 5.73 Å². The largest absolute Gasteiger partial charge is 0.326 e. The monoisotopic (exact) mass is 304 g/mol. The molecular weight excluding hydrogens is 284 g/mol. The smallest absolute Gasteiger partial charge is 0.236 e. The number of hydrogen-bond donors (Lipinski definition) is 2. The predicted molar refractivity (Wildman–Crippen MR) is 86.4 cm³/mol. The minimum absolute atomic E-state index is 0.0727. The lowest BCUT2D eigenvalue weighted by atomic mass is 10.1. The standard InChI is InChI=1S/C16H20N2O2S/c1-2-13-6-5-9-16(10-13)18-21(19,20)12-15-8-4-3-7-14(15)11-17/h3-10,18H,2,11-12,17H2,1H3. The molecule has 5 heteroatoms. The third kappa shape index (κ3) is 4.31. The average Bonchev–Trinajstić information content (AvgIpc) is 2.47. The van der Waals surface area contributed by atoms with Crippen LogP contribution >= 0.6 is 0 Å². The van der Waals surface area contributed by atoms with Gasteiger partial charge in [-0.2, -0.15) is 0 Å². The third-order valence-corrected chi connectivity index (χ3v) is 4.53. The number of hydrogen-bond acceptors (Lipinski definition) is 3. The van der Waals surface area contributed by atoms with E-state index in [1.165, 1.54) is 0 Å². The van der Waals surface area contributed by atoms with Crippen LogP contribution in [0.25, 0.3) is 0 Å². The van der Waals surface area contributed by atoms with Gasteiger partial charge < -0.3 is 5.73 Å². The van der Waals surface area contributed by atoms with Crippen molar-refractivity contribution in [1.82, 2.24) is 0 Å². The molecule has 21 heavy (non-hydrogen) atoms. The zero-order valence-electron chi connectivity index (χ0n) is 12.0. The number of nitrogens with one attached hydrogen (secondary N) is 1. The Bertz CT molecular complexity index is 712. The van der Waals surface area contributed by atoms with Gasteiger partial charge in [0.2, 0.25) is 10.0 Å². The second-order valence-electron chi connectivity index (χ2n) is 4.89. The Balaban J connectivity index is 2.18. The number of anilines is 1. The van der Waals surface area contributed by atoms with E-state index in [1.807, 2.05) is 43.3 Å². The summed E-state index contributed by atoms with van der Waals surface area (Å²) in [7, 11) is -3.45. The van der Waals surface area contributed by atoms with Gasteiger partial charge in [0.1, 0.15) is 0 Å². The van der Waals surface area contributed by atoms with Crippen molar-refractivity contribution in [3.8, 4) is 0 Å². The molecule has 0 atom stereocenters. The summed E-state index contributed by atoms with van der Waals surface area (Å²) in [6.07, 6.45) is 0.867. The molecule has 3 N–H and O–H groups in total. The van der Waals surface area contributed by atoms with E-state index in [-0.39, 0.29) is 5.75 Å². The van der Waals surface area contributed by atoms with Crippen molar-refractivity contribution in [1.29, 1.82) is 0 Å². The molecule has 0 aromatic heterocycles. The Morgan fingerprint density at radius 3 is 2.43 bits per heavy atom. The number of benzene rings is 2. The van der Waals surface area contributed by atoms with Crippen molar-refractivity contribution in [3.05, 3.63) is 65.2 Å². The molecule has 112 valence electrons. The van der Waals surface area contributed by atoms with Gasteiger partial charge >= 0.3 is 0 Å². The van der Waals surface area contributed by atoms with Crippen LogP contribution < -0.4 is 10.5 Å². The van der Waals surface area contributed by atoms with E-state index in [9.17, 15) is 8.42 Å². The molecule has 0 saturated carbocycles. The fourth-order valence-corrected chi connectivity index (χ4v) is 3.42. The van der Waals surface area contributed by atoms with Crippen molar-refractivity contribution in [2.24, 2.45) is 5.73 Å². The minimum Gasteiger partial charge on any atom is -0.326 e. The van der Waals surface area contributed by atoms with E-state index in [0.717, 1.165) is 23.1 Å². The van der Waals surface area contributed by atoms with Crippen LogP contribution in [0.2, 0.25) is 0 Å². The lowest BCUT2D eigenvalue weighted by molar-refractivity contribution is 0.600. The van der Waals surface area contributed by atoms with Gasteiger partial charge in [0.15, 0.2) is 0 Å². The Labute approximate surface area is 126 Å². The van der Waals surface area contributed by atoms with Crippen LogP contribution in [0.1, 0.15) is 23.6 Å². The zero-order chi connectivity index (χ0) is 15.3. The average molecular weight is 304 g/mol. The summed E-state index contributed by atoms with van der Waals surface area (Å²) >= 11 is 0. The van der Waals surface area contributed by atoms with Crippen LogP contribution in [0.5, 0.6) is 0 Å². The second kappa shape index (κ2) is 6.74. The molecule has 0 bridgehead atoms. The summed E-state index contributed by atoms with van der Waals surface area (Å²) in [5.74, 6) is -0.0727. The molecule has 0 radical (unpaired) electrons. The van der Waals surface area contributed by atoms with Gasteiger partial charge in [0, 0.05) is 12.2 Å². The topological polar surface area (TPSA) is 72.2 Å². The molecule has 0 aliphatic rings. The Morgan fingerprint density at radius 1 is 1.05 bits per heavy atom. The fraction of sp³-hybridized carbons (Fsp3) is 0.250. The van der Waals surface area contributed by atoms with E-state index >= 15 is 0 Å². The van der Waals surface area contributed by atoms with Crippen LogP contribution in [0.3, 0.4) is 0 Å². The normalized spacial score (nSPS) is 11.3. The van der Waals surface area contributed by atoms with Gasteiger partial charge in [-0.1, -0.05) is 43.3 Å². The molecule has 0 amide bonds. The SMILES string of the molecule is CCc1cccc(NS(=O)(=O)Cc2ccccc2CN)c1. The summed E-state index contributed by atoms with van der Waals surface area (Å²) in [5, 5.41) is 0. The lowest BCUT2D eigenvalue weighted by Gasteiger charge is -2.11. The van der Waals surface area contributed by atoms with Gasteiger partial charge in [-0.15, -0.1) is 0 Å². The third-order valence-electron chi connectivity index (χ3n) is 3.29. The summed E-state index contributed by atoms with van der Waals surface area (Å²) in [6, 6.07) is 14.8. The molecule has 0 fully saturated rings. The number of rotatable bonds is 6. The highest BCUT2D eigenvalue weighted by atomic mass is 32.2. The molecule has 4 nitrogen and oxygen atoms in total. The number of nitrogens with two attached hydrogens (primary N) is 1. The van der Waals surface area contributed by atoms with Crippen molar-refractivity contribution >= 4 is 15.7 Å². The highest BCUT2D eigenvalue weighted by molar-refractivity contribution is 7.91. The summed E-state index contributed by atoms with van der Waals surface area (Å²) in [5.41, 5.74) is 8.92. The Kier molecular flexibility index (Phi) is 4.98. The van der Waals surface area contributed by atoms with Gasteiger partial charge in [-0.25, -0.2) is 8.42 Å². The molecule has 0 aliphatic carbocycles. The zero-order valence-corrected chi connectivity index (χ0v) is 12.9. The molecule has 2 aromatic carbocycles. The van der Waals surface area contributed by atoms with Crippen molar-refractivity contribution in [3.63, 3.8) is 0 Å².